The van der Waals surface area contributed by atoms with Crippen LogP contribution in [-0.2, 0) is 9.84 Å². The topological polar surface area (TPSA) is 76.4 Å². The Morgan fingerprint density at radius 2 is 1.62 bits per heavy atom. The van der Waals surface area contributed by atoms with Gasteiger partial charge in [-0.05, 0) is 48.0 Å². The Bertz CT molecular complexity index is 890. The van der Waals surface area contributed by atoms with Gasteiger partial charge in [-0.3, -0.25) is 0 Å². The predicted molar refractivity (Wildman–Crippen MR) is 86.7 cm³/mol. The lowest BCUT2D eigenvalue weighted by Gasteiger charge is -2.07. The van der Waals surface area contributed by atoms with Crippen LogP contribution in [0.4, 0.5) is 4.39 Å². The summed E-state index contributed by atoms with van der Waals surface area (Å²) in [7, 11) is -1.13. The number of nitrogens with zero attached hydrogens (tertiary/aromatic N) is 1. The van der Waals surface area contributed by atoms with Crippen LogP contribution in [0.15, 0.2) is 52.3 Å². The predicted octanol–water partition coefficient (Wildman–Crippen LogP) is 3.18. The highest BCUT2D eigenvalue weighted by Gasteiger charge is 2.21. The summed E-state index contributed by atoms with van der Waals surface area (Å²) in [6.07, 6.45) is 1.21. The lowest BCUT2D eigenvalue weighted by atomic mass is 10.2. The van der Waals surface area contributed by atoms with Crippen LogP contribution in [0.25, 0.3) is 6.08 Å². The second-order valence-corrected chi connectivity index (χ2v) is 6.64. The molecule has 2 aromatic carbocycles. The number of sulfone groups is 1. The van der Waals surface area contributed by atoms with Gasteiger partial charge < -0.3 is 9.47 Å². The standard InChI is InChI=1S/C17H14FNO4S/c1-22-14-7-12(8-15(10-14)23-2)9-17(11-19)24(20,21)16-5-3-13(18)4-6-16/h3-10H,1-2H3/b17-9+. The van der Waals surface area contributed by atoms with Crippen LogP contribution in [0.2, 0.25) is 0 Å². The zero-order chi connectivity index (χ0) is 17.7. The van der Waals surface area contributed by atoms with E-state index in [1.165, 1.54) is 20.3 Å². The quantitative estimate of drug-likeness (QED) is 0.613. The van der Waals surface area contributed by atoms with E-state index < -0.39 is 20.6 Å². The van der Waals surface area contributed by atoms with Crippen LogP contribution in [0, 0.1) is 17.1 Å². The van der Waals surface area contributed by atoms with E-state index in [4.69, 9.17) is 9.47 Å². The average molecular weight is 347 g/mol. The van der Waals surface area contributed by atoms with Gasteiger partial charge in [0.1, 0.15) is 28.3 Å². The molecule has 2 rings (SSSR count). The third-order valence-corrected chi connectivity index (χ3v) is 4.88. The molecule has 2 aromatic rings. The van der Waals surface area contributed by atoms with E-state index >= 15 is 0 Å². The fourth-order valence-electron chi connectivity index (χ4n) is 1.97. The Labute approximate surface area is 139 Å². The van der Waals surface area contributed by atoms with Crippen molar-refractivity contribution in [2.45, 2.75) is 4.90 Å². The Morgan fingerprint density at radius 3 is 2.08 bits per heavy atom. The molecule has 0 aromatic heterocycles. The molecule has 0 spiro atoms. The number of allylic oxidation sites excluding steroid dienone is 1. The largest absolute Gasteiger partial charge is 0.497 e. The van der Waals surface area contributed by atoms with Crippen molar-refractivity contribution in [2.24, 2.45) is 0 Å². The molecule has 0 amide bonds. The highest BCUT2D eigenvalue weighted by molar-refractivity contribution is 7.95. The maximum absolute atomic E-state index is 13.0. The number of ether oxygens (including phenoxy) is 2. The normalized spacial score (nSPS) is 11.7. The van der Waals surface area contributed by atoms with Crippen molar-refractivity contribution in [2.75, 3.05) is 14.2 Å². The minimum atomic E-state index is -4.05. The molecule has 5 nitrogen and oxygen atoms in total. The van der Waals surface area contributed by atoms with Crippen LogP contribution < -0.4 is 9.47 Å². The van der Waals surface area contributed by atoms with E-state index in [2.05, 4.69) is 0 Å². The van der Waals surface area contributed by atoms with E-state index in [0.29, 0.717) is 17.1 Å². The van der Waals surface area contributed by atoms with Gasteiger partial charge in [0.15, 0.2) is 0 Å². The van der Waals surface area contributed by atoms with Gasteiger partial charge in [0.05, 0.1) is 19.1 Å². The van der Waals surface area contributed by atoms with Gasteiger partial charge in [-0.25, -0.2) is 12.8 Å². The Hall–Kier alpha value is -2.85. The molecule has 0 saturated carbocycles. The van der Waals surface area contributed by atoms with E-state index in [-0.39, 0.29) is 4.90 Å². The van der Waals surface area contributed by atoms with Crippen molar-refractivity contribution >= 4 is 15.9 Å². The van der Waals surface area contributed by atoms with Gasteiger partial charge in [-0.2, -0.15) is 5.26 Å². The van der Waals surface area contributed by atoms with Crippen molar-refractivity contribution in [3.63, 3.8) is 0 Å². The summed E-state index contributed by atoms with van der Waals surface area (Å²) < 4.78 is 48.2. The molecule has 0 fully saturated rings. The monoisotopic (exact) mass is 347 g/mol. The van der Waals surface area contributed by atoms with Crippen molar-refractivity contribution < 1.29 is 22.3 Å². The highest BCUT2D eigenvalue weighted by atomic mass is 32.2. The van der Waals surface area contributed by atoms with E-state index in [9.17, 15) is 18.1 Å². The minimum absolute atomic E-state index is 0.161. The van der Waals surface area contributed by atoms with Gasteiger partial charge >= 0.3 is 0 Å². The number of nitriles is 1. The number of benzene rings is 2. The molecular formula is C17H14FNO4S. The van der Waals surface area contributed by atoms with Crippen LogP contribution in [0.1, 0.15) is 5.56 Å². The molecule has 24 heavy (non-hydrogen) atoms. The lowest BCUT2D eigenvalue weighted by Crippen LogP contribution is -2.03. The summed E-state index contributed by atoms with van der Waals surface area (Å²) in [5, 5.41) is 9.26. The summed E-state index contributed by atoms with van der Waals surface area (Å²) >= 11 is 0. The number of hydrogen-bond donors (Lipinski definition) is 0. The first-order chi connectivity index (χ1) is 11.4. The molecule has 0 atom stereocenters. The van der Waals surface area contributed by atoms with E-state index in [1.807, 2.05) is 0 Å². The first kappa shape index (κ1) is 17.5. The van der Waals surface area contributed by atoms with Gasteiger partial charge in [0.2, 0.25) is 9.84 Å². The molecule has 0 heterocycles. The van der Waals surface area contributed by atoms with Crippen molar-refractivity contribution in [3.8, 4) is 17.6 Å². The molecule has 0 radical (unpaired) electrons. The van der Waals surface area contributed by atoms with Gasteiger partial charge in [-0.15, -0.1) is 0 Å². The van der Waals surface area contributed by atoms with Gasteiger partial charge in [0.25, 0.3) is 0 Å². The van der Waals surface area contributed by atoms with Gasteiger partial charge in [-0.1, -0.05) is 0 Å². The first-order valence-electron chi connectivity index (χ1n) is 6.76. The molecule has 0 aliphatic rings. The van der Waals surface area contributed by atoms with Crippen LogP contribution in [0.3, 0.4) is 0 Å². The summed E-state index contributed by atoms with van der Waals surface area (Å²) in [4.78, 5) is -0.629. The summed E-state index contributed by atoms with van der Waals surface area (Å²) in [6, 6.07) is 10.7. The van der Waals surface area contributed by atoms with E-state index in [0.717, 1.165) is 24.3 Å². The second kappa shape index (κ2) is 7.15. The lowest BCUT2D eigenvalue weighted by molar-refractivity contribution is 0.394. The molecule has 0 bridgehead atoms. The Balaban J connectivity index is 2.53. The third-order valence-electron chi connectivity index (χ3n) is 3.20. The summed E-state index contributed by atoms with van der Waals surface area (Å²) in [5.41, 5.74) is 0.424. The van der Waals surface area contributed by atoms with Crippen LogP contribution >= 0.6 is 0 Å². The molecule has 7 heteroatoms. The molecule has 0 aliphatic heterocycles. The fourth-order valence-corrected chi connectivity index (χ4v) is 3.13. The Kier molecular flexibility index (Phi) is 5.21. The molecule has 0 N–H and O–H groups in total. The maximum Gasteiger partial charge on any atom is 0.216 e. The zero-order valence-corrected chi connectivity index (χ0v) is 13.8. The number of halogens is 1. The molecule has 0 unspecified atom stereocenters. The fraction of sp³-hybridized carbons (Fsp3) is 0.118. The van der Waals surface area contributed by atoms with Crippen molar-refractivity contribution in [3.05, 3.63) is 58.8 Å². The van der Waals surface area contributed by atoms with E-state index in [1.54, 1.807) is 24.3 Å². The minimum Gasteiger partial charge on any atom is -0.497 e. The molecule has 0 aliphatic carbocycles. The van der Waals surface area contributed by atoms with Crippen molar-refractivity contribution in [1.29, 1.82) is 5.26 Å². The highest BCUT2D eigenvalue weighted by Crippen LogP contribution is 2.26. The number of rotatable bonds is 5. The van der Waals surface area contributed by atoms with Gasteiger partial charge in [0, 0.05) is 6.07 Å². The smallest absolute Gasteiger partial charge is 0.216 e. The number of methoxy groups -OCH3 is 2. The SMILES string of the molecule is COc1cc(/C=C(\C#N)S(=O)(=O)c2ccc(F)cc2)cc(OC)c1. The second-order valence-electron chi connectivity index (χ2n) is 4.72. The molecule has 124 valence electrons. The van der Waals surface area contributed by atoms with Crippen molar-refractivity contribution in [1.82, 2.24) is 0 Å². The molecule has 0 saturated heterocycles. The molecular weight excluding hydrogens is 333 g/mol. The maximum atomic E-state index is 13.0. The van der Waals surface area contributed by atoms with Crippen LogP contribution in [0.5, 0.6) is 11.5 Å². The zero-order valence-electron chi connectivity index (χ0n) is 13.0. The number of hydrogen-bond acceptors (Lipinski definition) is 5. The third kappa shape index (κ3) is 3.73. The summed E-state index contributed by atoms with van der Waals surface area (Å²) in [6.45, 7) is 0. The summed E-state index contributed by atoms with van der Waals surface area (Å²) in [5.74, 6) is 0.350. The first-order valence-corrected chi connectivity index (χ1v) is 8.24. The Morgan fingerprint density at radius 1 is 1.08 bits per heavy atom. The van der Waals surface area contributed by atoms with Crippen LogP contribution in [-0.4, -0.2) is 22.6 Å². The average Bonchev–Trinajstić information content (AvgIpc) is 2.59.